The molecule has 2 heterocycles. The third-order valence-corrected chi connectivity index (χ3v) is 5.08. The number of amides is 1. The predicted octanol–water partition coefficient (Wildman–Crippen LogP) is 3.08. The van der Waals surface area contributed by atoms with Crippen molar-refractivity contribution in [1.82, 2.24) is 4.90 Å². The molecule has 2 atom stereocenters. The standard InChI is InChI=1S/C19H25NO4/c1-13(2)16-18(22)24-12-8-4-7-11-19(23-3)15-10-6-5-9-14(15)17(21)20(16)19/h5-6,9-10,13,16H,4,7-8,11-12H2,1-3H3/t16-,19-/m1/s1. The lowest BCUT2D eigenvalue weighted by atomic mass is 9.92. The molecule has 0 radical (unpaired) electrons. The van der Waals surface area contributed by atoms with Crippen molar-refractivity contribution in [2.45, 2.75) is 51.3 Å². The van der Waals surface area contributed by atoms with Crippen LogP contribution in [0, 0.1) is 5.92 Å². The fraction of sp³-hybridized carbons (Fsp3) is 0.579. The van der Waals surface area contributed by atoms with Crippen molar-refractivity contribution in [3.63, 3.8) is 0 Å². The molecule has 0 aromatic heterocycles. The second-order valence-electron chi connectivity index (χ2n) is 6.88. The number of benzene rings is 1. The molecule has 0 unspecified atom stereocenters. The summed E-state index contributed by atoms with van der Waals surface area (Å²) in [7, 11) is 1.62. The summed E-state index contributed by atoms with van der Waals surface area (Å²) in [5.74, 6) is -0.553. The topological polar surface area (TPSA) is 55.8 Å². The van der Waals surface area contributed by atoms with Crippen LogP contribution in [0.15, 0.2) is 24.3 Å². The average Bonchev–Trinajstić information content (AvgIpc) is 2.81. The van der Waals surface area contributed by atoms with Crippen molar-refractivity contribution in [1.29, 1.82) is 0 Å². The molecule has 2 aliphatic rings. The first-order chi connectivity index (χ1) is 11.5. The molecule has 1 aromatic rings. The quantitative estimate of drug-likeness (QED) is 0.782. The number of cyclic esters (lactones) is 1. The minimum absolute atomic E-state index is 0.0651. The molecule has 0 spiro atoms. The van der Waals surface area contributed by atoms with E-state index in [1.54, 1.807) is 12.0 Å². The molecule has 0 bridgehead atoms. The average molecular weight is 331 g/mol. The minimum Gasteiger partial charge on any atom is -0.464 e. The van der Waals surface area contributed by atoms with Crippen molar-refractivity contribution in [3.8, 4) is 0 Å². The summed E-state index contributed by atoms with van der Waals surface area (Å²) in [4.78, 5) is 27.5. The Labute approximate surface area is 142 Å². The van der Waals surface area contributed by atoms with Crippen LogP contribution in [0.5, 0.6) is 0 Å². The lowest BCUT2D eigenvalue weighted by Gasteiger charge is -2.43. The minimum atomic E-state index is -0.890. The van der Waals surface area contributed by atoms with Crippen LogP contribution in [-0.4, -0.2) is 36.5 Å². The summed E-state index contributed by atoms with van der Waals surface area (Å²) < 4.78 is 11.4. The summed E-state index contributed by atoms with van der Waals surface area (Å²) in [6, 6.07) is 6.86. The fourth-order valence-corrected chi connectivity index (χ4v) is 3.93. The zero-order valence-corrected chi connectivity index (χ0v) is 14.6. The van der Waals surface area contributed by atoms with E-state index < -0.39 is 11.8 Å². The number of carbonyl (C=O) groups is 2. The molecule has 0 aliphatic carbocycles. The first-order valence-electron chi connectivity index (χ1n) is 8.68. The van der Waals surface area contributed by atoms with E-state index in [1.165, 1.54) is 0 Å². The molecule has 1 fully saturated rings. The van der Waals surface area contributed by atoms with Crippen LogP contribution in [0.3, 0.4) is 0 Å². The smallest absolute Gasteiger partial charge is 0.329 e. The SMILES string of the molecule is CO[C@@]12CCCCCOC(=O)[C@@H](C(C)C)N1C(=O)c1ccccc12. The Kier molecular flexibility index (Phi) is 4.63. The van der Waals surface area contributed by atoms with Gasteiger partial charge in [-0.3, -0.25) is 9.69 Å². The molecule has 2 aliphatic heterocycles. The summed E-state index contributed by atoms with van der Waals surface area (Å²) in [5.41, 5.74) is 0.590. The summed E-state index contributed by atoms with van der Waals surface area (Å²) >= 11 is 0. The Morgan fingerprint density at radius 3 is 2.67 bits per heavy atom. The van der Waals surface area contributed by atoms with Crippen LogP contribution < -0.4 is 0 Å². The Hall–Kier alpha value is -1.88. The Bertz CT molecular complexity index is 642. The maximum Gasteiger partial charge on any atom is 0.329 e. The summed E-state index contributed by atoms with van der Waals surface area (Å²) in [6.07, 6.45) is 3.37. The lowest BCUT2D eigenvalue weighted by Crippen LogP contribution is -2.56. The molecule has 0 saturated carbocycles. The van der Waals surface area contributed by atoms with E-state index in [4.69, 9.17) is 9.47 Å². The van der Waals surface area contributed by atoms with E-state index in [1.807, 2.05) is 38.1 Å². The molecule has 0 N–H and O–H groups in total. The number of rotatable bonds is 2. The van der Waals surface area contributed by atoms with Gasteiger partial charge in [-0.25, -0.2) is 4.79 Å². The van der Waals surface area contributed by atoms with E-state index in [0.29, 0.717) is 18.6 Å². The number of hydrogen-bond donors (Lipinski definition) is 0. The van der Waals surface area contributed by atoms with Gasteiger partial charge in [0.2, 0.25) is 0 Å². The first kappa shape index (κ1) is 17.0. The largest absolute Gasteiger partial charge is 0.464 e. The lowest BCUT2D eigenvalue weighted by molar-refractivity contribution is -0.175. The first-order valence-corrected chi connectivity index (χ1v) is 8.68. The zero-order valence-electron chi connectivity index (χ0n) is 14.6. The van der Waals surface area contributed by atoms with Gasteiger partial charge in [0, 0.05) is 18.2 Å². The molecular weight excluding hydrogens is 306 g/mol. The zero-order chi connectivity index (χ0) is 17.3. The number of nitrogens with zero attached hydrogens (tertiary/aromatic N) is 1. The van der Waals surface area contributed by atoms with Crippen LogP contribution >= 0.6 is 0 Å². The van der Waals surface area contributed by atoms with Gasteiger partial charge in [-0.15, -0.1) is 0 Å². The van der Waals surface area contributed by atoms with Gasteiger partial charge >= 0.3 is 5.97 Å². The molecule has 24 heavy (non-hydrogen) atoms. The molecule has 5 heteroatoms. The van der Waals surface area contributed by atoms with Gasteiger partial charge in [-0.1, -0.05) is 32.0 Å². The molecule has 130 valence electrons. The van der Waals surface area contributed by atoms with Crippen LogP contribution in [0.1, 0.15) is 55.5 Å². The molecular formula is C19H25NO4. The van der Waals surface area contributed by atoms with Gasteiger partial charge in [0.25, 0.3) is 5.91 Å². The summed E-state index contributed by atoms with van der Waals surface area (Å²) in [5, 5.41) is 0. The monoisotopic (exact) mass is 331 g/mol. The third-order valence-electron chi connectivity index (χ3n) is 5.08. The third kappa shape index (κ3) is 2.51. The van der Waals surface area contributed by atoms with Crippen LogP contribution in [0.25, 0.3) is 0 Å². The van der Waals surface area contributed by atoms with Gasteiger partial charge < -0.3 is 9.47 Å². The number of esters is 1. The van der Waals surface area contributed by atoms with E-state index >= 15 is 0 Å². The predicted molar refractivity (Wildman–Crippen MR) is 89.4 cm³/mol. The molecule has 1 amide bonds. The van der Waals surface area contributed by atoms with Gasteiger partial charge in [0.05, 0.1) is 6.61 Å². The molecule has 1 saturated heterocycles. The highest BCUT2D eigenvalue weighted by molar-refractivity contribution is 6.02. The highest BCUT2D eigenvalue weighted by Crippen LogP contribution is 2.46. The normalized spacial score (nSPS) is 27.7. The number of carbonyl (C=O) groups excluding carboxylic acids is 2. The highest BCUT2D eigenvalue weighted by Gasteiger charge is 2.55. The number of hydrogen-bond acceptors (Lipinski definition) is 4. The second-order valence-corrected chi connectivity index (χ2v) is 6.88. The highest BCUT2D eigenvalue weighted by atomic mass is 16.5. The van der Waals surface area contributed by atoms with Crippen molar-refractivity contribution >= 4 is 11.9 Å². The Balaban J connectivity index is 2.17. The van der Waals surface area contributed by atoms with Gasteiger partial charge in [-0.05, 0) is 37.7 Å². The van der Waals surface area contributed by atoms with E-state index in [0.717, 1.165) is 24.8 Å². The van der Waals surface area contributed by atoms with Crippen LogP contribution in [0.4, 0.5) is 0 Å². The number of methoxy groups -OCH3 is 1. The van der Waals surface area contributed by atoms with Gasteiger partial charge in [0.15, 0.2) is 5.72 Å². The van der Waals surface area contributed by atoms with Crippen LogP contribution in [-0.2, 0) is 20.0 Å². The van der Waals surface area contributed by atoms with Crippen molar-refractivity contribution < 1.29 is 19.1 Å². The number of ether oxygens (including phenoxy) is 2. The second kappa shape index (κ2) is 6.55. The molecule has 3 rings (SSSR count). The summed E-state index contributed by atoms with van der Waals surface area (Å²) in [6.45, 7) is 4.29. The van der Waals surface area contributed by atoms with Crippen molar-refractivity contribution in [2.24, 2.45) is 5.92 Å². The van der Waals surface area contributed by atoms with E-state index in [-0.39, 0.29) is 17.8 Å². The Morgan fingerprint density at radius 1 is 1.21 bits per heavy atom. The Morgan fingerprint density at radius 2 is 1.96 bits per heavy atom. The number of fused-ring (bicyclic) bond motifs is 3. The maximum atomic E-state index is 13.2. The van der Waals surface area contributed by atoms with Crippen molar-refractivity contribution in [3.05, 3.63) is 35.4 Å². The van der Waals surface area contributed by atoms with Crippen molar-refractivity contribution in [2.75, 3.05) is 13.7 Å². The van der Waals surface area contributed by atoms with Gasteiger partial charge in [-0.2, -0.15) is 0 Å². The fourth-order valence-electron chi connectivity index (χ4n) is 3.93. The van der Waals surface area contributed by atoms with E-state index in [2.05, 4.69) is 0 Å². The maximum absolute atomic E-state index is 13.2. The molecule has 5 nitrogen and oxygen atoms in total. The van der Waals surface area contributed by atoms with E-state index in [9.17, 15) is 9.59 Å². The van der Waals surface area contributed by atoms with Gasteiger partial charge in [0.1, 0.15) is 6.04 Å². The molecule has 1 aromatic carbocycles. The van der Waals surface area contributed by atoms with Crippen LogP contribution in [0.2, 0.25) is 0 Å².